The van der Waals surface area contributed by atoms with Crippen molar-refractivity contribution in [1.29, 1.82) is 0 Å². The third-order valence-electron chi connectivity index (χ3n) is 2.08. The summed E-state index contributed by atoms with van der Waals surface area (Å²) in [5.41, 5.74) is 6.35. The Morgan fingerprint density at radius 1 is 1.53 bits per heavy atom. The van der Waals surface area contributed by atoms with E-state index in [9.17, 15) is 4.39 Å². The average molecular weight is 229 g/mol. The Balaban J connectivity index is 2.67. The maximum atomic E-state index is 12.9. The predicted molar refractivity (Wildman–Crippen MR) is 61.3 cm³/mol. The molecule has 15 heavy (non-hydrogen) atoms. The average Bonchev–Trinajstić information content (AvgIpc) is 2.26. The maximum Gasteiger partial charge on any atom is 0.123 e. The highest BCUT2D eigenvalue weighted by Crippen LogP contribution is 2.25. The van der Waals surface area contributed by atoms with Gasteiger partial charge >= 0.3 is 0 Å². The minimum absolute atomic E-state index is 0.173. The molecule has 0 saturated carbocycles. The highest BCUT2D eigenvalue weighted by atomic mass is 32.2. The molecule has 0 aliphatic heterocycles. The zero-order valence-electron chi connectivity index (χ0n) is 8.74. The van der Waals surface area contributed by atoms with Crippen LogP contribution >= 0.6 is 11.8 Å². The van der Waals surface area contributed by atoms with Crippen LogP contribution in [0.25, 0.3) is 0 Å². The number of hydrogen-bond acceptors (Lipinski definition) is 3. The van der Waals surface area contributed by atoms with Crippen molar-refractivity contribution in [1.82, 2.24) is 0 Å². The molecular formula is C11H16FNOS. The Morgan fingerprint density at radius 2 is 2.27 bits per heavy atom. The molecule has 1 atom stereocenters. The fourth-order valence-electron chi connectivity index (χ4n) is 1.13. The van der Waals surface area contributed by atoms with E-state index in [0.29, 0.717) is 6.54 Å². The van der Waals surface area contributed by atoms with Crippen LogP contribution in [0.2, 0.25) is 0 Å². The van der Waals surface area contributed by atoms with E-state index in [1.54, 1.807) is 17.8 Å². The highest BCUT2D eigenvalue weighted by molar-refractivity contribution is 7.99. The molecule has 2 nitrogen and oxygen atoms in total. The predicted octanol–water partition coefficient (Wildman–Crippen LogP) is 2.00. The van der Waals surface area contributed by atoms with Crippen molar-refractivity contribution >= 4 is 11.8 Å². The summed E-state index contributed by atoms with van der Waals surface area (Å²) in [5.74, 6) is 0.801. The summed E-state index contributed by atoms with van der Waals surface area (Å²) in [7, 11) is 0. The standard InChI is InChI=1S/C11H16FNOS/c1-8(6-14)7-15-11-3-2-10(12)4-9(11)5-13/h2-4,8,14H,5-7,13H2,1H3. The van der Waals surface area contributed by atoms with Gasteiger partial charge in [-0.25, -0.2) is 4.39 Å². The molecule has 0 amide bonds. The van der Waals surface area contributed by atoms with Gasteiger partial charge in [0.25, 0.3) is 0 Å². The van der Waals surface area contributed by atoms with Gasteiger partial charge in [0.15, 0.2) is 0 Å². The molecule has 0 saturated heterocycles. The Hall–Kier alpha value is -0.580. The second kappa shape index (κ2) is 6.10. The van der Waals surface area contributed by atoms with Gasteiger partial charge in [-0.05, 0) is 29.7 Å². The van der Waals surface area contributed by atoms with Gasteiger partial charge in [-0.3, -0.25) is 0 Å². The summed E-state index contributed by atoms with van der Waals surface area (Å²) in [6, 6.07) is 4.64. The third kappa shape index (κ3) is 3.81. The zero-order valence-corrected chi connectivity index (χ0v) is 9.56. The van der Waals surface area contributed by atoms with Gasteiger partial charge in [-0.1, -0.05) is 6.92 Å². The van der Waals surface area contributed by atoms with E-state index in [2.05, 4.69) is 0 Å². The lowest BCUT2D eigenvalue weighted by Crippen LogP contribution is -2.05. The first-order valence-corrected chi connectivity index (χ1v) is 5.88. The van der Waals surface area contributed by atoms with Crippen LogP contribution in [0.3, 0.4) is 0 Å². The second-order valence-electron chi connectivity index (χ2n) is 3.55. The molecule has 1 aromatic carbocycles. The largest absolute Gasteiger partial charge is 0.396 e. The first kappa shape index (κ1) is 12.5. The Labute approximate surface area is 93.7 Å². The van der Waals surface area contributed by atoms with E-state index in [4.69, 9.17) is 10.8 Å². The van der Waals surface area contributed by atoms with E-state index in [1.807, 2.05) is 6.92 Å². The number of hydrogen-bond donors (Lipinski definition) is 2. The van der Waals surface area contributed by atoms with Crippen molar-refractivity contribution in [3.8, 4) is 0 Å². The quantitative estimate of drug-likeness (QED) is 0.759. The van der Waals surface area contributed by atoms with E-state index >= 15 is 0 Å². The lowest BCUT2D eigenvalue weighted by atomic mass is 10.2. The molecule has 0 radical (unpaired) electrons. The van der Waals surface area contributed by atoms with Gasteiger partial charge in [0.2, 0.25) is 0 Å². The van der Waals surface area contributed by atoms with Gasteiger partial charge in [-0.2, -0.15) is 0 Å². The topological polar surface area (TPSA) is 46.2 Å². The summed E-state index contributed by atoms with van der Waals surface area (Å²) in [6.07, 6.45) is 0. The first-order chi connectivity index (χ1) is 7.17. The zero-order chi connectivity index (χ0) is 11.3. The number of thioether (sulfide) groups is 1. The molecule has 0 aliphatic carbocycles. The van der Waals surface area contributed by atoms with Crippen LogP contribution in [-0.4, -0.2) is 17.5 Å². The fraction of sp³-hybridized carbons (Fsp3) is 0.455. The number of aliphatic hydroxyl groups excluding tert-OH is 1. The normalized spacial score (nSPS) is 12.8. The molecule has 0 aliphatic rings. The number of aliphatic hydroxyl groups is 1. The van der Waals surface area contributed by atoms with Crippen molar-refractivity contribution in [3.63, 3.8) is 0 Å². The molecule has 0 aromatic heterocycles. The smallest absolute Gasteiger partial charge is 0.123 e. The van der Waals surface area contributed by atoms with Gasteiger partial charge < -0.3 is 10.8 Å². The Kier molecular flexibility index (Phi) is 5.08. The molecule has 84 valence electrons. The third-order valence-corrected chi connectivity index (χ3v) is 3.52. The van der Waals surface area contributed by atoms with Crippen LogP contribution in [0.5, 0.6) is 0 Å². The van der Waals surface area contributed by atoms with Crippen LogP contribution in [0, 0.1) is 11.7 Å². The van der Waals surface area contributed by atoms with Crippen molar-refractivity contribution in [2.75, 3.05) is 12.4 Å². The molecule has 0 spiro atoms. The molecule has 0 fully saturated rings. The minimum Gasteiger partial charge on any atom is -0.396 e. The van der Waals surface area contributed by atoms with Crippen molar-refractivity contribution in [2.24, 2.45) is 11.7 Å². The second-order valence-corrected chi connectivity index (χ2v) is 4.62. The number of benzene rings is 1. The molecule has 0 heterocycles. The monoisotopic (exact) mass is 229 g/mol. The lowest BCUT2D eigenvalue weighted by molar-refractivity contribution is 0.250. The summed E-state index contributed by atoms with van der Waals surface area (Å²) in [6.45, 7) is 2.48. The molecule has 0 bridgehead atoms. The molecule has 4 heteroatoms. The van der Waals surface area contributed by atoms with Crippen molar-refractivity contribution in [2.45, 2.75) is 18.4 Å². The van der Waals surface area contributed by atoms with Gasteiger partial charge in [-0.15, -0.1) is 11.8 Å². The summed E-state index contributed by atoms with van der Waals surface area (Å²) in [5, 5.41) is 8.89. The highest BCUT2D eigenvalue weighted by Gasteiger charge is 2.06. The summed E-state index contributed by atoms with van der Waals surface area (Å²) >= 11 is 1.61. The number of rotatable bonds is 5. The number of halogens is 1. The summed E-state index contributed by atoms with van der Waals surface area (Å²) < 4.78 is 12.9. The molecule has 1 unspecified atom stereocenters. The van der Waals surface area contributed by atoms with Gasteiger partial charge in [0.05, 0.1) is 0 Å². The van der Waals surface area contributed by atoms with E-state index in [-0.39, 0.29) is 18.3 Å². The van der Waals surface area contributed by atoms with Crippen LogP contribution in [0.4, 0.5) is 4.39 Å². The molecule has 3 N–H and O–H groups in total. The molecular weight excluding hydrogens is 213 g/mol. The lowest BCUT2D eigenvalue weighted by Gasteiger charge is -2.10. The summed E-state index contributed by atoms with van der Waals surface area (Å²) in [4.78, 5) is 0.999. The van der Waals surface area contributed by atoms with Gasteiger partial charge in [0.1, 0.15) is 5.82 Å². The van der Waals surface area contributed by atoms with Gasteiger partial charge in [0, 0.05) is 23.8 Å². The van der Waals surface area contributed by atoms with E-state index < -0.39 is 0 Å². The maximum absolute atomic E-state index is 12.9. The molecule has 1 aromatic rings. The van der Waals surface area contributed by atoms with E-state index in [0.717, 1.165) is 16.2 Å². The van der Waals surface area contributed by atoms with E-state index in [1.165, 1.54) is 12.1 Å². The van der Waals surface area contributed by atoms with Crippen molar-refractivity contribution in [3.05, 3.63) is 29.6 Å². The van der Waals surface area contributed by atoms with Crippen LogP contribution < -0.4 is 5.73 Å². The Bertz CT molecular complexity index is 319. The van der Waals surface area contributed by atoms with Crippen LogP contribution in [0.1, 0.15) is 12.5 Å². The Morgan fingerprint density at radius 3 is 2.87 bits per heavy atom. The SMILES string of the molecule is CC(CO)CSc1ccc(F)cc1CN. The first-order valence-electron chi connectivity index (χ1n) is 4.89. The van der Waals surface area contributed by atoms with Crippen LogP contribution in [-0.2, 0) is 6.54 Å². The number of nitrogens with two attached hydrogens (primary N) is 1. The molecule has 1 rings (SSSR count). The van der Waals surface area contributed by atoms with Crippen molar-refractivity contribution < 1.29 is 9.50 Å². The fourth-order valence-corrected chi connectivity index (χ4v) is 2.19. The minimum atomic E-state index is -0.255. The van der Waals surface area contributed by atoms with Crippen LogP contribution in [0.15, 0.2) is 23.1 Å².